The topological polar surface area (TPSA) is 58.6 Å². The number of anilines is 1. The van der Waals surface area contributed by atoms with Crippen LogP contribution in [0.1, 0.15) is 42.4 Å². The van der Waals surface area contributed by atoms with E-state index in [1.165, 1.54) is 17.3 Å². The third-order valence-corrected chi connectivity index (χ3v) is 6.61. The molecule has 0 aromatic heterocycles. The Morgan fingerprint density at radius 2 is 1.88 bits per heavy atom. The van der Waals surface area contributed by atoms with Crippen molar-refractivity contribution < 1.29 is 14.3 Å². The molecule has 0 bridgehead atoms. The molecule has 1 heterocycles. The molecule has 1 saturated heterocycles. The van der Waals surface area contributed by atoms with Crippen LogP contribution in [0.3, 0.4) is 0 Å². The maximum absolute atomic E-state index is 12.7. The standard InChI is InChI=1S/C25H28N2O3S2/c1-17-8-13-21(18(2)15-17)26-23(28)7-5-4-6-14-27-24(29)22(32-25(27)31)16-19-9-11-20(30-3)12-10-19/h8-13,15-16H,4-7,14H2,1-3H3,(H,26,28)/b22-16-. The van der Waals surface area contributed by atoms with Crippen molar-refractivity contribution in [2.75, 3.05) is 19.0 Å². The first-order valence-corrected chi connectivity index (χ1v) is 11.9. The minimum Gasteiger partial charge on any atom is -0.497 e. The molecule has 0 unspecified atom stereocenters. The number of nitrogens with one attached hydrogen (secondary N) is 1. The summed E-state index contributed by atoms with van der Waals surface area (Å²) in [6.07, 6.45) is 4.75. The molecule has 0 aliphatic carbocycles. The van der Waals surface area contributed by atoms with Gasteiger partial charge in [0.15, 0.2) is 0 Å². The number of methoxy groups -OCH3 is 1. The SMILES string of the molecule is COc1ccc(/C=C2\SC(=S)N(CCCCCC(=O)Nc3ccc(C)cc3C)C2=O)cc1. The fourth-order valence-corrected chi connectivity index (χ4v) is 4.75. The number of carbonyl (C=O) groups excluding carboxylic acids is 2. The summed E-state index contributed by atoms with van der Waals surface area (Å²) in [5.74, 6) is 0.741. The molecule has 2 aromatic carbocycles. The van der Waals surface area contributed by atoms with Gasteiger partial charge in [-0.15, -0.1) is 0 Å². The Morgan fingerprint density at radius 1 is 1.12 bits per heavy atom. The van der Waals surface area contributed by atoms with Crippen molar-refractivity contribution in [3.8, 4) is 5.75 Å². The molecule has 1 fully saturated rings. The summed E-state index contributed by atoms with van der Waals surface area (Å²) < 4.78 is 5.75. The van der Waals surface area contributed by atoms with Crippen LogP contribution in [-0.2, 0) is 9.59 Å². The lowest BCUT2D eigenvalue weighted by Crippen LogP contribution is -2.29. The quantitative estimate of drug-likeness (QED) is 0.290. The fraction of sp³-hybridized carbons (Fsp3) is 0.320. The summed E-state index contributed by atoms with van der Waals surface area (Å²) in [6, 6.07) is 13.5. The number of ether oxygens (including phenoxy) is 1. The number of hydrogen-bond acceptors (Lipinski definition) is 5. The van der Waals surface area contributed by atoms with E-state index >= 15 is 0 Å². The normalized spacial score (nSPS) is 14.8. The van der Waals surface area contributed by atoms with Crippen LogP contribution in [-0.4, -0.2) is 34.7 Å². The van der Waals surface area contributed by atoms with Crippen molar-refractivity contribution in [1.82, 2.24) is 4.90 Å². The van der Waals surface area contributed by atoms with E-state index in [9.17, 15) is 9.59 Å². The van der Waals surface area contributed by atoms with Crippen molar-refractivity contribution in [2.24, 2.45) is 0 Å². The number of carbonyl (C=O) groups is 2. The predicted molar refractivity (Wildman–Crippen MR) is 136 cm³/mol. The lowest BCUT2D eigenvalue weighted by molar-refractivity contribution is -0.122. The van der Waals surface area contributed by atoms with Crippen LogP contribution in [0.25, 0.3) is 6.08 Å². The predicted octanol–water partition coefficient (Wildman–Crippen LogP) is 5.71. The van der Waals surface area contributed by atoms with E-state index in [-0.39, 0.29) is 11.8 Å². The summed E-state index contributed by atoms with van der Waals surface area (Å²) in [4.78, 5) is 27.2. The third kappa shape index (κ3) is 6.43. The van der Waals surface area contributed by atoms with Gasteiger partial charge in [0.05, 0.1) is 12.0 Å². The third-order valence-electron chi connectivity index (χ3n) is 5.23. The number of aryl methyl sites for hydroxylation is 2. The molecule has 1 N–H and O–H groups in total. The maximum atomic E-state index is 12.7. The van der Waals surface area contributed by atoms with Gasteiger partial charge in [-0.3, -0.25) is 14.5 Å². The van der Waals surface area contributed by atoms with Crippen molar-refractivity contribution in [1.29, 1.82) is 0 Å². The summed E-state index contributed by atoms with van der Waals surface area (Å²) >= 11 is 6.74. The zero-order chi connectivity index (χ0) is 23.1. The monoisotopic (exact) mass is 468 g/mol. The number of amides is 2. The molecule has 2 amide bonds. The lowest BCUT2D eigenvalue weighted by atomic mass is 10.1. The first-order valence-electron chi connectivity index (χ1n) is 10.6. The highest BCUT2D eigenvalue weighted by molar-refractivity contribution is 8.26. The van der Waals surface area contributed by atoms with E-state index in [2.05, 4.69) is 11.4 Å². The van der Waals surface area contributed by atoms with Crippen molar-refractivity contribution in [3.05, 3.63) is 64.1 Å². The molecular formula is C25H28N2O3S2. The van der Waals surface area contributed by atoms with E-state index in [0.717, 1.165) is 41.8 Å². The highest BCUT2D eigenvalue weighted by Gasteiger charge is 2.31. The largest absolute Gasteiger partial charge is 0.497 e. The molecule has 1 aliphatic rings. The number of unbranched alkanes of at least 4 members (excludes halogenated alkanes) is 2. The Balaban J connectivity index is 1.42. The van der Waals surface area contributed by atoms with E-state index in [4.69, 9.17) is 17.0 Å². The Bertz CT molecular complexity index is 1030. The number of nitrogens with zero attached hydrogens (tertiary/aromatic N) is 1. The van der Waals surface area contributed by atoms with Crippen molar-refractivity contribution in [3.63, 3.8) is 0 Å². The highest BCUT2D eigenvalue weighted by atomic mass is 32.2. The fourth-order valence-electron chi connectivity index (χ4n) is 3.44. The molecule has 168 valence electrons. The Labute approximate surface area is 199 Å². The molecule has 1 aliphatic heterocycles. The smallest absolute Gasteiger partial charge is 0.266 e. The first-order chi connectivity index (χ1) is 15.4. The van der Waals surface area contributed by atoms with Gasteiger partial charge in [0.25, 0.3) is 5.91 Å². The molecular weight excluding hydrogens is 440 g/mol. The zero-order valence-electron chi connectivity index (χ0n) is 18.6. The summed E-state index contributed by atoms with van der Waals surface area (Å²) in [7, 11) is 1.62. The number of thiocarbonyl (C=S) groups is 1. The van der Waals surface area contributed by atoms with Gasteiger partial charge in [-0.2, -0.15) is 0 Å². The van der Waals surface area contributed by atoms with Crippen LogP contribution in [0.2, 0.25) is 0 Å². The van der Waals surface area contributed by atoms with Gasteiger partial charge in [0.1, 0.15) is 10.1 Å². The second-order valence-corrected chi connectivity index (χ2v) is 9.46. The zero-order valence-corrected chi connectivity index (χ0v) is 20.3. The van der Waals surface area contributed by atoms with Gasteiger partial charge in [-0.05, 0) is 62.1 Å². The Hall–Kier alpha value is -2.64. The van der Waals surface area contributed by atoms with Gasteiger partial charge in [-0.1, -0.05) is 60.2 Å². The van der Waals surface area contributed by atoms with Crippen LogP contribution in [0.4, 0.5) is 5.69 Å². The van der Waals surface area contributed by atoms with E-state index < -0.39 is 0 Å². The minimum atomic E-state index is -0.0524. The second-order valence-electron chi connectivity index (χ2n) is 7.78. The number of rotatable bonds is 9. The molecule has 0 atom stereocenters. The van der Waals surface area contributed by atoms with Gasteiger partial charge >= 0.3 is 0 Å². The highest BCUT2D eigenvalue weighted by Crippen LogP contribution is 2.33. The Morgan fingerprint density at radius 3 is 2.56 bits per heavy atom. The van der Waals surface area contributed by atoms with Crippen LogP contribution >= 0.6 is 24.0 Å². The molecule has 7 heteroatoms. The average molecular weight is 469 g/mol. The molecule has 2 aromatic rings. The Kier molecular flexibility index (Phi) is 8.47. The summed E-state index contributed by atoms with van der Waals surface area (Å²) in [6.45, 7) is 4.60. The second kappa shape index (κ2) is 11.3. The number of hydrogen-bond donors (Lipinski definition) is 1. The maximum Gasteiger partial charge on any atom is 0.266 e. The van der Waals surface area contributed by atoms with Crippen LogP contribution < -0.4 is 10.1 Å². The lowest BCUT2D eigenvalue weighted by Gasteiger charge is -2.14. The van der Waals surface area contributed by atoms with E-state index in [0.29, 0.717) is 22.2 Å². The number of thioether (sulfide) groups is 1. The molecule has 0 saturated carbocycles. The molecule has 0 spiro atoms. The van der Waals surface area contributed by atoms with Gasteiger partial charge < -0.3 is 10.1 Å². The van der Waals surface area contributed by atoms with E-state index in [1.54, 1.807) is 12.0 Å². The molecule has 5 nitrogen and oxygen atoms in total. The first kappa shape index (κ1) is 24.0. The van der Waals surface area contributed by atoms with Crippen LogP contribution in [0, 0.1) is 13.8 Å². The van der Waals surface area contributed by atoms with Crippen molar-refractivity contribution >= 4 is 51.9 Å². The van der Waals surface area contributed by atoms with Gasteiger partial charge in [0, 0.05) is 18.7 Å². The van der Waals surface area contributed by atoms with Crippen molar-refractivity contribution in [2.45, 2.75) is 39.5 Å². The molecule has 32 heavy (non-hydrogen) atoms. The average Bonchev–Trinajstić information content (AvgIpc) is 3.03. The van der Waals surface area contributed by atoms with Gasteiger partial charge in [-0.25, -0.2) is 0 Å². The van der Waals surface area contributed by atoms with Gasteiger partial charge in [0.2, 0.25) is 5.91 Å². The summed E-state index contributed by atoms with van der Waals surface area (Å²) in [5.41, 5.74) is 4.04. The minimum absolute atomic E-state index is 0.0185. The van der Waals surface area contributed by atoms with Crippen LogP contribution in [0.5, 0.6) is 5.75 Å². The van der Waals surface area contributed by atoms with Crippen LogP contribution in [0.15, 0.2) is 47.4 Å². The number of benzene rings is 2. The molecule has 3 rings (SSSR count). The van der Waals surface area contributed by atoms with E-state index in [1.807, 2.05) is 56.3 Å². The molecule has 0 radical (unpaired) electrons. The summed E-state index contributed by atoms with van der Waals surface area (Å²) in [5, 5.41) is 2.98.